The Morgan fingerprint density at radius 3 is 2.94 bits per heavy atom. The molecule has 0 aliphatic rings. The van der Waals surface area contributed by atoms with Crippen LogP contribution in [0, 0.1) is 0 Å². The summed E-state index contributed by atoms with van der Waals surface area (Å²) in [4.78, 5) is 0. The van der Waals surface area contributed by atoms with Crippen molar-refractivity contribution in [2.45, 2.75) is 25.9 Å². The number of nitrogens with one attached hydrogen (secondary N) is 1. The molecule has 1 atom stereocenters. The number of aromatic nitrogens is 2. The lowest BCUT2D eigenvalue weighted by molar-refractivity contribution is 0.598. The van der Waals surface area contributed by atoms with Crippen LogP contribution in [0.2, 0.25) is 0 Å². The molecule has 3 N–H and O–H groups in total. The third-order valence-corrected chi connectivity index (χ3v) is 3.28. The average Bonchev–Trinajstić information content (AvgIpc) is 2.79. The smallest absolute Gasteiger partial charge is 0.0741 e. The van der Waals surface area contributed by atoms with Crippen LogP contribution < -0.4 is 11.3 Å². The largest absolute Gasteiger partial charge is 0.272 e. The quantitative estimate of drug-likeness (QED) is 0.659. The Bertz CT molecular complexity index is 509. The van der Waals surface area contributed by atoms with E-state index in [1.54, 1.807) is 0 Å². The van der Waals surface area contributed by atoms with Crippen molar-refractivity contribution in [3.63, 3.8) is 0 Å². The predicted octanol–water partition coefficient (Wildman–Crippen LogP) is 2.61. The summed E-state index contributed by atoms with van der Waals surface area (Å²) < 4.78 is 2.98. The molecule has 0 aliphatic heterocycles. The van der Waals surface area contributed by atoms with Gasteiger partial charge in [0.1, 0.15) is 0 Å². The maximum atomic E-state index is 5.67. The highest BCUT2D eigenvalue weighted by Crippen LogP contribution is 2.23. The molecule has 5 heteroatoms. The van der Waals surface area contributed by atoms with Crippen molar-refractivity contribution in [3.8, 4) is 0 Å². The molecular formula is C13H17BrN4. The summed E-state index contributed by atoms with van der Waals surface area (Å²) in [6.45, 7) is 3.06. The Morgan fingerprint density at radius 1 is 1.44 bits per heavy atom. The fourth-order valence-electron chi connectivity index (χ4n) is 1.95. The molecule has 0 fully saturated rings. The first-order valence-electron chi connectivity index (χ1n) is 5.98. The molecule has 96 valence electrons. The number of hydrazine groups is 1. The lowest BCUT2D eigenvalue weighted by atomic mass is 10.0. The van der Waals surface area contributed by atoms with Crippen molar-refractivity contribution >= 4 is 15.9 Å². The number of benzene rings is 1. The highest BCUT2D eigenvalue weighted by atomic mass is 79.9. The molecule has 1 aromatic heterocycles. The molecule has 4 nitrogen and oxygen atoms in total. The first-order valence-corrected chi connectivity index (χ1v) is 6.78. The van der Waals surface area contributed by atoms with Crippen molar-refractivity contribution in [1.82, 2.24) is 15.2 Å². The van der Waals surface area contributed by atoms with Gasteiger partial charge in [-0.3, -0.25) is 10.5 Å². The molecule has 18 heavy (non-hydrogen) atoms. The van der Waals surface area contributed by atoms with Crippen molar-refractivity contribution in [1.29, 1.82) is 0 Å². The van der Waals surface area contributed by atoms with Crippen LogP contribution in [0.3, 0.4) is 0 Å². The van der Waals surface area contributed by atoms with Gasteiger partial charge in [-0.05, 0) is 24.1 Å². The number of nitrogens with two attached hydrogens (primary N) is 1. The molecule has 0 spiro atoms. The second kappa shape index (κ2) is 6.13. The second-order valence-corrected chi connectivity index (χ2v) is 5.11. The Morgan fingerprint density at radius 2 is 2.28 bits per heavy atom. The van der Waals surface area contributed by atoms with Gasteiger partial charge in [0.15, 0.2) is 0 Å². The maximum absolute atomic E-state index is 5.67. The summed E-state index contributed by atoms with van der Waals surface area (Å²) in [5, 5.41) is 4.33. The molecule has 0 saturated heterocycles. The molecule has 0 bridgehead atoms. The molecule has 0 aliphatic carbocycles. The van der Waals surface area contributed by atoms with Crippen LogP contribution >= 0.6 is 15.9 Å². The van der Waals surface area contributed by atoms with Crippen molar-refractivity contribution < 1.29 is 0 Å². The molecule has 0 saturated carbocycles. The Kier molecular flexibility index (Phi) is 4.52. The number of rotatable bonds is 5. The summed E-state index contributed by atoms with van der Waals surface area (Å²) >= 11 is 3.47. The molecule has 0 amide bonds. The lowest BCUT2D eigenvalue weighted by Gasteiger charge is -2.14. The van der Waals surface area contributed by atoms with E-state index in [9.17, 15) is 0 Å². The average molecular weight is 309 g/mol. The van der Waals surface area contributed by atoms with Gasteiger partial charge in [0.2, 0.25) is 0 Å². The van der Waals surface area contributed by atoms with Crippen LogP contribution in [-0.4, -0.2) is 9.78 Å². The van der Waals surface area contributed by atoms with E-state index in [-0.39, 0.29) is 6.04 Å². The van der Waals surface area contributed by atoms with E-state index < -0.39 is 0 Å². The van der Waals surface area contributed by atoms with Gasteiger partial charge in [0, 0.05) is 22.8 Å². The summed E-state index contributed by atoms with van der Waals surface area (Å²) in [5.74, 6) is 5.67. The van der Waals surface area contributed by atoms with Gasteiger partial charge in [-0.2, -0.15) is 5.10 Å². The summed E-state index contributed by atoms with van der Waals surface area (Å²) in [7, 11) is 0. The van der Waals surface area contributed by atoms with E-state index in [1.165, 1.54) is 0 Å². The number of nitrogens with zero attached hydrogens (tertiary/aromatic N) is 2. The number of hydrogen-bond donors (Lipinski definition) is 2. The summed E-state index contributed by atoms with van der Waals surface area (Å²) in [5.41, 5.74) is 5.03. The fraction of sp³-hybridized carbons (Fsp3) is 0.308. The topological polar surface area (TPSA) is 55.9 Å². The predicted molar refractivity (Wildman–Crippen MR) is 75.8 cm³/mol. The molecular weight excluding hydrogens is 292 g/mol. The van der Waals surface area contributed by atoms with E-state index in [1.807, 2.05) is 35.3 Å². The monoisotopic (exact) mass is 308 g/mol. The Balaban J connectivity index is 2.27. The lowest BCUT2D eigenvalue weighted by Crippen LogP contribution is -2.28. The zero-order valence-corrected chi connectivity index (χ0v) is 11.9. The van der Waals surface area contributed by atoms with Crippen LogP contribution in [0.15, 0.2) is 41.1 Å². The van der Waals surface area contributed by atoms with Crippen LogP contribution in [0.1, 0.15) is 30.5 Å². The molecule has 1 unspecified atom stereocenters. The zero-order chi connectivity index (χ0) is 13.0. The van der Waals surface area contributed by atoms with Gasteiger partial charge in [0.25, 0.3) is 0 Å². The molecule has 1 heterocycles. The van der Waals surface area contributed by atoms with Crippen LogP contribution in [0.25, 0.3) is 0 Å². The molecule has 2 rings (SSSR count). The van der Waals surface area contributed by atoms with Gasteiger partial charge >= 0.3 is 0 Å². The number of halogens is 1. The SMILES string of the molecule is CCCn1cc(C(NN)c2cccc(Br)c2)cn1. The molecule has 1 aromatic carbocycles. The second-order valence-electron chi connectivity index (χ2n) is 4.19. The van der Waals surface area contributed by atoms with Gasteiger partial charge < -0.3 is 0 Å². The van der Waals surface area contributed by atoms with E-state index >= 15 is 0 Å². The van der Waals surface area contributed by atoms with Crippen LogP contribution in [-0.2, 0) is 6.54 Å². The Hall–Kier alpha value is -1.17. The van der Waals surface area contributed by atoms with E-state index in [0.717, 1.165) is 28.6 Å². The fourth-order valence-corrected chi connectivity index (χ4v) is 2.37. The first kappa shape index (κ1) is 13.3. The highest BCUT2D eigenvalue weighted by Gasteiger charge is 2.14. The van der Waals surface area contributed by atoms with Gasteiger partial charge in [0.05, 0.1) is 12.2 Å². The first-order chi connectivity index (χ1) is 8.74. The minimum absolute atomic E-state index is 0.0342. The highest BCUT2D eigenvalue weighted by molar-refractivity contribution is 9.10. The summed E-state index contributed by atoms with van der Waals surface area (Å²) in [6.07, 6.45) is 4.97. The van der Waals surface area contributed by atoms with Gasteiger partial charge in [-0.1, -0.05) is 35.0 Å². The zero-order valence-electron chi connectivity index (χ0n) is 10.3. The van der Waals surface area contributed by atoms with Gasteiger partial charge in [-0.15, -0.1) is 0 Å². The third-order valence-electron chi connectivity index (χ3n) is 2.79. The van der Waals surface area contributed by atoms with Gasteiger partial charge in [-0.25, -0.2) is 5.43 Å². The van der Waals surface area contributed by atoms with Crippen LogP contribution in [0.4, 0.5) is 0 Å². The van der Waals surface area contributed by atoms with E-state index in [2.05, 4.69) is 39.4 Å². The van der Waals surface area contributed by atoms with Crippen molar-refractivity contribution in [3.05, 3.63) is 52.3 Å². The molecule has 2 aromatic rings. The number of aryl methyl sites for hydroxylation is 1. The maximum Gasteiger partial charge on any atom is 0.0741 e. The van der Waals surface area contributed by atoms with Crippen LogP contribution in [0.5, 0.6) is 0 Å². The van der Waals surface area contributed by atoms with Crippen molar-refractivity contribution in [2.24, 2.45) is 5.84 Å². The number of hydrogen-bond acceptors (Lipinski definition) is 3. The minimum Gasteiger partial charge on any atom is -0.272 e. The third kappa shape index (κ3) is 2.98. The summed E-state index contributed by atoms with van der Waals surface area (Å²) in [6, 6.07) is 8.07. The minimum atomic E-state index is -0.0342. The van der Waals surface area contributed by atoms with Crippen molar-refractivity contribution in [2.75, 3.05) is 0 Å². The van der Waals surface area contributed by atoms with E-state index in [0.29, 0.717) is 0 Å². The molecule has 0 radical (unpaired) electrons. The standard InChI is InChI=1S/C13H17BrN4/c1-2-6-18-9-11(8-16-18)13(17-15)10-4-3-5-12(14)7-10/h3-5,7-9,13,17H,2,6,15H2,1H3. The normalized spacial score (nSPS) is 12.6. The Labute approximate surface area is 115 Å². The van der Waals surface area contributed by atoms with E-state index in [4.69, 9.17) is 5.84 Å².